The summed E-state index contributed by atoms with van der Waals surface area (Å²) in [5.74, 6) is 0.131. The number of hydrogen-bond acceptors (Lipinski definition) is 16. The molecule has 0 amide bonds. The molecule has 3 N–H and O–H groups in total. The Morgan fingerprint density at radius 1 is 1.27 bits per heavy atom. The SMILES string of the molecule is Nc1ncnc2c1ncn2[C@H]1C[C@H](O)[C@@H](COP([O-])(=S)OP(=O)([O-])OP(=O)([O-])[O-])O1. The van der Waals surface area contributed by atoms with Crippen LogP contribution >= 0.6 is 22.4 Å². The highest BCUT2D eigenvalue weighted by atomic mass is 32.5. The molecule has 16 nitrogen and oxygen atoms in total. The van der Waals surface area contributed by atoms with Gasteiger partial charge in [0.25, 0.3) is 7.82 Å². The van der Waals surface area contributed by atoms with Crippen LogP contribution in [0, 0.1) is 0 Å². The second-order valence-electron chi connectivity index (χ2n) is 5.82. The Kier molecular flexibility index (Phi) is 6.78. The van der Waals surface area contributed by atoms with E-state index >= 15 is 0 Å². The van der Waals surface area contributed by atoms with Crippen molar-refractivity contribution in [2.75, 3.05) is 12.3 Å². The molecule has 0 aromatic carbocycles. The fourth-order valence-corrected chi connectivity index (χ4v) is 6.35. The van der Waals surface area contributed by atoms with Crippen molar-refractivity contribution < 1.29 is 51.7 Å². The third-order valence-corrected chi connectivity index (χ3v) is 8.28. The zero-order chi connectivity index (χ0) is 22.3. The first-order valence-electron chi connectivity index (χ1n) is 7.74. The fourth-order valence-electron chi connectivity index (χ4n) is 2.56. The molecule has 20 heteroatoms. The average molecular weight is 503 g/mol. The van der Waals surface area contributed by atoms with E-state index in [2.05, 4.69) is 39.9 Å². The molecule has 30 heavy (non-hydrogen) atoms. The van der Waals surface area contributed by atoms with Gasteiger partial charge in [-0.05, 0) is 0 Å². The van der Waals surface area contributed by atoms with E-state index in [1.807, 2.05) is 0 Å². The largest absolute Gasteiger partial charge is 0.790 e. The number of anilines is 1. The van der Waals surface area contributed by atoms with Gasteiger partial charge in [-0.2, -0.15) is 0 Å². The molecular weight excluding hydrogens is 491 g/mol. The first-order valence-corrected chi connectivity index (χ1v) is 13.2. The predicted molar refractivity (Wildman–Crippen MR) is 91.9 cm³/mol. The molecule has 3 rings (SSSR count). The highest BCUT2D eigenvalue weighted by Crippen LogP contribution is 2.60. The summed E-state index contributed by atoms with van der Waals surface area (Å²) >= 11 is 4.32. The molecule has 1 aliphatic rings. The van der Waals surface area contributed by atoms with Crippen molar-refractivity contribution in [1.82, 2.24) is 19.5 Å². The number of imidazole rings is 1. The van der Waals surface area contributed by atoms with Crippen molar-refractivity contribution in [1.29, 1.82) is 0 Å². The first-order chi connectivity index (χ1) is 13.8. The molecule has 2 aromatic rings. The summed E-state index contributed by atoms with van der Waals surface area (Å²) in [6.07, 6.45) is -0.515. The summed E-state index contributed by atoms with van der Waals surface area (Å²) in [6.45, 7) is -5.57. The zero-order valence-corrected chi connectivity index (χ0v) is 17.9. The molecule has 0 radical (unpaired) electrons. The number of nitrogens with zero attached hydrogens (tertiary/aromatic N) is 4. The Balaban J connectivity index is 1.64. The summed E-state index contributed by atoms with van der Waals surface area (Å²) in [7, 11) is -11.9. The van der Waals surface area contributed by atoms with Crippen LogP contribution in [0.2, 0.25) is 0 Å². The Bertz CT molecular complexity index is 1080. The zero-order valence-electron chi connectivity index (χ0n) is 14.4. The summed E-state index contributed by atoms with van der Waals surface area (Å²) in [5.41, 5.74) is 6.32. The number of rotatable bonds is 8. The molecular formula is C10H12N5O11P3S-4. The number of nitrogen functional groups attached to an aromatic ring is 1. The van der Waals surface area contributed by atoms with Gasteiger partial charge in [0.15, 0.2) is 11.5 Å². The van der Waals surface area contributed by atoms with Gasteiger partial charge in [0.1, 0.15) is 30.9 Å². The maximum absolute atomic E-state index is 11.9. The number of aliphatic hydroxyl groups is 1. The van der Waals surface area contributed by atoms with E-state index in [0.29, 0.717) is 11.2 Å². The molecule has 3 heterocycles. The molecule has 2 aromatic heterocycles. The lowest BCUT2D eigenvalue weighted by atomic mass is 10.2. The van der Waals surface area contributed by atoms with Gasteiger partial charge in [-0.3, -0.25) is 17.8 Å². The number of fused-ring (bicyclic) bond motifs is 1. The summed E-state index contributed by atoms with van der Waals surface area (Å²) in [6, 6.07) is 0. The van der Waals surface area contributed by atoms with Crippen LogP contribution < -0.4 is 25.3 Å². The lowest BCUT2D eigenvalue weighted by molar-refractivity contribution is -0.339. The third kappa shape index (κ3) is 5.87. The van der Waals surface area contributed by atoms with Crippen LogP contribution in [-0.2, 0) is 38.8 Å². The van der Waals surface area contributed by atoms with Crippen LogP contribution in [0.15, 0.2) is 12.7 Å². The maximum atomic E-state index is 11.9. The Hall–Kier alpha value is -0.900. The van der Waals surface area contributed by atoms with Gasteiger partial charge >= 0.3 is 0 Å². The standard InChI is InChI=1S/C10H16N5O11P3S/c11-9-8-10(13-3-12-9)15(4-14-8)7-1-5(16)6(24-7)2-23-29(22,30)26-28(20,21)25-27(17,18)19/h3-7,16H,1-2H2,(H,20,21)(H,22,30)(H2,11,12,13)(H2,17,18,19)/p-4/t5-,6+,7+,29?/m0/s1. The van der Waals surface area contributed by atoms with Gasteiger partial charge in [0.2, 0.25) is 0 Å². The molecule has 1 fully saturated rings. The second kappa shape index (κ2) is 8.56. The average Bonchev–Trinajstić information content (AvgIpc) is 3.14. The van der Waals surface area contributed by atoms with E-state index < -0.39 is 47.4 Å². The Morgan fingerprint density at radius 2 is 1.97 bits per heavy atom. The molecule has 2 unspecified atom stereocenters. The van der Waals surface area contributed by atoms with Gasteiger partial charge in [0.05, 0.1) is 26.9 Å². The van der Waals surface area contributed by atoms with Gasteiger partial charge in [-0.25, -0.2) is 15.0 Å². The Labute approximate surface area is 172 Å². The highest BCUT2D eigenvalue weighted by Gasteiger charge is 2.36. The minimum Gasteiger partial charge on any atom is -0.790 e. The van der Waals surface area contributed by atoms with E-state index in [9.17, 15) is 33.8 Å². The van der Waals surface area contributed by atoms with Gasteiger partial charge in [-0.1, -0.05) is 11.8 Å². The number of phosphoric acid groups is 2. The minimum atomic E-state index is -6.00. The topological polar surface area (TPSA) is 253 Å². The molecule has 0 spiro atoms. The Morgan fingerprint density at radius 3 is 2.63 bits per heavy atom. The van der Waals surface area contributed by atoms with E-state index in [-0.39, 0.29) is 12.2 Å². The minimum absolute atomic E-state index is 0.0185. The van der Waals surface area contributed by atoms with Crippen molar-refractivity contribution in [3.63, 3.8) is 0 Å². The van der Waals surface area contributed by atoms with Crippen LogP contribution in [0.1, 0.15) is 12.6 Å². The van der Waals surface area contributed by atoms with Crippen molar-refractivity contribution in [3.8, 4) is 0 Å². The molecule has 0 aliphatic carbocycles. The van der Waals surface area contributed by atoms with Crippen molar-refractivity contribution >= 4 is 51.2 Å². The number of nitrogens with two attached hydrogens (primary N) is 1. The number of ether oxygens (including phenoxy) is 1. The molecule has 5 atom stereocenters. The molecule has 0 saturated carbocycles. The van der Waals surface area contributed by atoms with E-state index in [1.165, 1.54) is 17.2 Å². The monoisotopic (exact) mass is 503 g/mol. The van der Waals surface area contributed by atoms with Crippen LogP contribution in [0.4, 0.5) is 5.82 Å². The van der Waals surface area contributed by atoms with Crippen LogP contribution in [0.3, 0.4) is 0 Å². The first kappa shape index (κ1) is 23.8. The summed E-state index contributed by atoms with van der Waals surface area (Å²) in [5, 5.41) is 10.1. The van der Waals surface area contributed by atoms with Crippen LogP contribution in [0.25, 0.3) is 11.2 Å². The highest BCUT2D eigenvalue weighted by molar-refractivity contribution is 8.07. The summed E-state index contributed by atoms with van der Waals surface area (Å²) in [4.78, 5) is 55.8. The normalized spacial score (nSPS) is 26.5. The quantitative estimate of drug-likeness (QED) is 0.340. The number of hydrogen-bond donors (Lipinski definition) is 2. The van der Waals surface area contributed by atoms with Crippen molar-refractivity contribution in [2.24, 2.45) is 0 Å². The molecule has 0 bridgehead atoms. The second-order valence-corrected chi connectivity index (χ2v) is 11.4. The molecule has 1 aliphatic heterocycles. The fraction of sp³-hybridized carbons (Fsp3) is 0.500. The smallest absolute Gasteiger partial charge is 0.276 e. The van der Waals surface area contributed by atoms with E-state index in [1.54, 1.807) is 0 Å². The molecule has 168 valence electrons. The number of aliphatic hydroxyl groups excluding tert-OH is 1. The maximum Gasteiger partial charge on any atom is 0.276 e. The van der Waals surface area contributed by atoms with Crippen LogP contribution in [-0.4, -0.2) is 43.4 Å². The predicted octanol–water partition coefficient (Wildman–Crippen LogP) is -3.01. The lowest BCUT2D eigenvalue weighted by Crippen LogP contribution is -2.27. The number of aromatic nitrogens is 4. The van der Waals surface area contributed by atoms with E-state index in [4.69, 9.17) is 10.5 Å². The summed E-state index contributed by atoms with van der Waals surface area (Å²) < 4.78 is 40.3. The van der Waals surface area contributed by atoms with E-state index in [0.717, 1.165) is 0 Å². The van der Waals surface area contributed by atoms with Gasteiger partial charge in [0, 0.05) is 6.42 Å². The van der Waals surface area contributed by atoms with Gasteiger partial charge < -0.3 is 44.2 Å². The van der Waals surface area contributed by atoms with Gasteiger partial charge in [-0.15, -0.1) is 0 Å². The third-order valence-electron chi connectivity index (χ3n) is 3.70. The van der Waals surface area contributed by atoms with Crippen molar-refractivity contribution in [2.45, 2.75) is 24.9 Å². The van der Waals surface area contributed by atoms with Crippen LogP contribution in [0.5, 0.6) is 0 Å². The van der Waals surface area contributed by atoms with Crippen molar-refractivity contribution in [3.05, 3.63) is 12.7 Å². The molecule has 1 saturated heterocycles. The lowest BCUT2D eigenvalue weighted by Gasteiger charge is -2.39.